The Labute approximate surface area is 205 Å². The molecule has 1 aliphatic carbocycles. The highest BCUT2D eigenvalue weighted by atomic mass is 16.6. The van der Waals surface area contributed by atoms with Crippen LogP contribution in [0.2, 0.25) is 0 Å². The van der Waals surface area contributed by atoms with Gasteiger partial charge in [0.15, 0.2) is 6.61 Å². The predicted octanol–water partition coefficient (Wildman–Crippen LogP) is 3.58. The number of carboxylic acid groups (broad SMARTS) is 3. The molecule has 0 bridgehead atoms. The maximum Gasteiger partial charge on any atom is 0.341 e. The molecule has 0 heterocycles. The van der Waals surface area contributed by atoms with E-state index in [-0.39, 0.29) is 22.9 Å². The number of para-hydroxylation sites is 1. The monoisotopic (exact) mass is 502 g/mol. The lowest BCUT2D eigenvalue weighted by Gasteiger charge is -2.27. The average Bonchev–Trinajstić information content (AvgIpc) is 2.84. The third-order valence-electron chi connectivity index (χ3n) is 5.56. The number of carbonyl (C=O) groups excluding carboxylic acids is 1. The molecule has 12 nitrogen and oxygen atoms in total. The number of nitro benzene ring substituents is 1. The van der Waals surface area contributed by atoms with Crippen LogP contribution in [0, 0.1) is 28.9 Å². The summed E-state index contributed by atoms with van der Waals surface area (Å²) < 4.78 is 4.78. The molecule has 0 saturated heterocycles. The summed E-state index contributed by atoms with van der Waals surface area (Å²) in [6.45, 7) is 1.07. The maximum atomic E-state index is 12.3. The third-order valence-corrected chi connectivity index (χ3v) is 5.56. The average molecular weight is 502 g/mol. The fourth-order valence-electron chi connectivity index (χ4n) is 3.77. The number of aromatic carboxylic acids is 1. The van der Waals surface area contributed by atoms with Crippen molar-refractivity contribution in [1.82, 2.24) is 0 Å². The molecule has 0 unspecified atom stereocenters. The van der Waals surface area contributed by atoms with E-state index in [4.69, 9.17) is 14.9 Å². The van der Waals surface area contributed by atoms with E-state index in [1.54, 1.807) is 25.1 Å². The Hall–Kier alpha value is -4.48. The van der Waals surface area contributed by atoms with Crippen molar-refractivity contribution in [2.45, 2.75) is 32.6 Å². The molecule has 2 aromatic rings. The van der Waals surface area contributed by atoms with Crippen LogP contribution in [-0.2, 0) is 14.4 Å². The van der Waals surface area contributed by atoms with Crippen LogP contribution in [-0.4, -0.2) is 50.7 Å². The number of nitro groups is 1. The number of aryl methyl sites for hydroxylation is 1. The molecular weight excluding hydrogens is 476 g/mol. The molecule has 2 aromatic carbocycles. The molecule has 1 saturated carbocycles. The lowest BCUT2D eigenvalue weighted by atomic mass is 9.78. The van der Waals surface area contributed by atoms with Gasteiger partial charge in [-0.2, -0.15) is 0 Å². The van der Waals surface area contributed by atoms with Crippen molar-refractivity contribution >= 4 is 35.2 Å². The first-order valence-corrected chi connectivity index (χ1v) is 11.0. The second-order valence-corrected chi connectivity index (χ2v) is 8.07. The second-order valence-electron chi connectivity index (χ2n) is 8.07. The minimum atomic E-state index is -1.15. The highest BCUT2D eigenvalue weighted by molar-refractivity contribution is 5.95. The Morgan fingerprint density at radius 2 is 1.67 bits per heavy atom. The van der Waals surface area contributed by atoms with E-state index in [1.807, 2.05) is 0 Å². The zero-order valence-corrected chi connectivity index (χ0v) is 19.4. The molecule has 192 valence electrons. The van der Waals surface area contributed by atoms with E-state index in [1.165, 1.54) is 24.3 Å². The summed E-state index contributed by atoms with van der Waals surface area (Å²) in [4.78, 5) is 54.8. The summed E-state index contributed by atoms with van der Waals surface area (Å²) in [6, 6.07) is 10.3. The van der Waals surface area contributed by atoms with Gasteiger partial charge in [0.05, 0.1) is 16.8 Å². The minimum Gasteiger partial charge on any atom is -0.481 e. The van der Waals surface area contributed by atoms with Crippen LogP contribution < -0.4 is 10.1 Å². The smallest absolute Gasteiger partial charge is 0.341 e. The van der Waals surface area contributed by atoms with Crippen LogP contribution in [0.4, 0.5) is 11.4 Å². The molecule has 12 heteroatoms. The standard InChI is InChI=1S/C15H18N2O5.C9H8O5/c1-9-6-7-10(8-13(9)17(21)22)16-14(18)11-4-2-3-5-12(11)15(19)20;10-8(11)5-14-7-4-2-1-3-6(7)9(12)13/h6-8,11-12H,2-5H2,1H3,(H,16,18)(H,19,20);1-4H,5H2,(H,10,11)(H,12,13)/t11-,12+;/m1./s1. The zero-order chi connectivity index (χ0) is 26.8. The Bertz CT molecular complexity index is 1150. The van der Waals surface area contributed by atoms with Crippen molar-refractivity contribution < 1.29 is 44.2 Å². The van der Waals surface area contributed by atoms with Crippen LogP contribution in [0.3, 0.4) is 0 Å². The molecule has 4 N–H and O–H groups in total. The molecule has 0 spiro atoms. The van der Waals surface area contributed by atoms with Gasteiger partial charge in [-0.1, -0.05) is 31.0 Å². The summed E-state index contributed by atoms with van der Waals surface area (Å²) in [5.41, 5.74) is 0.700. The molecule has 36 heavy (non-hydrogen) atoms. The number of ether oxygens (including phenoxy) is 1. The van der Waals surface area contributed by atoms with Crippen molar-refractivity contribution in [2.75, 3.05) is 11.9 Å². The molecule has 1 aliphatic rings. The number of hydrogen-bond acceptors (Lipinski definition) is 7. The van der Waals surface area contributed by atoms with Gasteiger partial charge in [-0.3, -0.25) is 19.7 Å². The predicted molar refractivity (Wildman–Crippen MR) is 126 cm³/mol. The summed E-state index contributed by atoms with van der Waals surface area (Å²) in [7, 11) is 0. The second kappa shape index (κ2) is 12.8. The number of carbonyl (C=O) groups is 4. The number of aliphatic carboxylic acids is 2. The first-order valence-electron chi connectivity index (χ1n) is 11.0. The molecule has 0 aromatic heterocycles. The third kappa shape index (κ3) is 7.79. The van der Waals surface area contributed by atoms with Gasteiger partial charge in [-0.05, 0) is 38.0 Å². The molecule has 0 radical (unpaired) electrons. The van der Waals surface area contributed by atoms with E-state index in [0.717, 1.165) is 12.8 Å². The summed E-state index contributed by atoms with van der Waals surface area (Å²) >= 11 is 0. The molecule has 1 amide bonds. The van der Waals surface area contributed by atoms with E-state index in [0.29, 0.717) is 24.1 Å². The van der Waals surface area contributed by atoms with Gasteiger partial charge >= 0.3 is 17.9 Å². The van der Waals surface area contributed by atoms with E-state index in [9.17, 15) is 34.4 Å². The highest BCUT2D eigenvalue weighted by Crippen LogP contribution is 2.32. The van der Waals surface area contributed by atoms with Crippen molar-refractivity contribution in [3.63, 3.8) is 0 Å². The zero-order valence-electron chi connectivity index (χ0n) is 19.4. The van der Waals surface area contributed by atoms with Crippen molar-refractivity contribution in [2.24, 2.45) is 11.8 Å². The minimum absolute atomic E-state index is 0.0475. The quantitative estimate of drug-likeness (QED) is 0.306. The number of anilines is 1. The fraction of sp³-hybridized carbons (Fsp3) is 0.333. The van der Waals surface area contributed by atoms with Crippen molar-refractivity contribution in [3.05, 3.63) is 63.7 Å². The fourth-order valence-corrected chi connectivity index (χ4v) is 3.77. The summed E-state index contributed by atoms with van der Waals surface area (Å²) in [5.74, 6) is -4.86. The lowest BCUT2D eigenvalue weighted by Crippen LogP contribution is -2.36. The van der Waals surface area contributed by atoms with Crippen LogP contribution >= 0.6 is 0 Å². The SMILES string of the molecule is Cc1ccc(NC(=O)[C@@H]2CCCC[C@@H]2C(=O)O)cc1[N+](=O)[O-].O=C(O)COc1ccccc1C(=O)O. The van der Waals surface area contributed by atoms with Gasteiger partial charge in [0.25, 0.3) is 5.69 Å². The van der Waals surface area contributed by atoms with E-state index < -0.39 is 41.3 Å². The van der Waals surface area contributed by atoms with E-state index in [2.05, 4.69) is 5.32 Å². The Kier molecular flexibility index (Phi) is 9.90. The Balaban J connectivity index is 0.000000281. The number of amides is 1. The van der Waals surface area contributed by atoms with Gasteiger partial charge in [0.2, 0.25) is 5.91 Å². The Morgan fingerprint density at radius 3 is 2.25 bits per heavy atom. The van der Waals surface area contributed by atoms with Gasteiger partial charge in [-0.25, -0.2) is 9.59 Å². The summed E-state index contributed by atoms with van der Waals surface area (Å²) in [6.07, 6.45) is 2.63. The normalized spacial score (nSPS) is 16.6. The number of nitrogens with zero attached hydrogens (tertiary/aromatic N) is 1. The van der Waals surface area contributed by atoms with Crippen molar-refractivity contribution in [1.29, 1.82) is 0 Å². The Morgan fingerprint density at radius 1 is 1.03 bits per heavy atom. The number of nitrogens with one attached hydrogen (secondary N) is 1. The van der Waals surface area contributed by atoms with Crippen molar-refractivity contribution in [3.8, 4) is 5.75 Å². The van der Waals surface area contributed by atoms with Gasteiger partial charge in [-0.15, -0.1) is 0 Å². The first kappa shape index (κ1) is 27.8. The topological polar surface area (TPSA) is 193 Å². The summed E-state index contributed by atoms with van der Waals surface area (Å²) in [5, 5.41) is 39.8. The molecule has 3 rings (SSSR count). The van der Waals surface area contributed by atoms with Crippen LogP contribution in [0.1, 0.15) is 41.6 Å². The van der Waals surface area contributed by atoms with Gasteiger partial charge in [0.1, 0.15) is 11.3 Å². The number of benzene rings is 2. The largest absolute Gasteiger partial charge is 0.481 e. The first-order chi connectivity index (χ1) is 17.0. The van der Waals surface area contributed by atoms with Crippen LogP contribution in [0.15, 0.2) is 42.5 Å². The van der Waals surface area contributed by atoms with Crippen LogP contribution in [0.25, 0.3) is 0 Å². The lowest BCUT2D eigenvalue weighted by molar-refractivity contribution is -0.385. The van der Waals surface area contributed by atoms with Gasteiger partial charge < -0.3 is 25.4 Å². The highest BCUT2D eigenvalue weighted by Gasteiger charge is 2.35. The molecule has 2 atom stereocenters. The molecular formula is C24H26N2O10. The molecule has 1 fully saturated rings. The molecule has 0 aliphatic heterocycles. The van der Waals surface area contributed by atoms with Gasteiger partial charge in [0, 0.05) is 17.3 Å². The van der Waals surface area contributed by atoms with E-state index >= 15 is 0 Å². The number of rotatable bonds is 8. The number of hydrogen-bond donors (Lipinski definition) is 4. The number of carboxylic acids is 3. The maximum absolute atomic E-state index is 12.3. The van der Waals surface area contributed by atoms with Crippen LogP contribution in [0.5, 0.6) is 5.75 Å².